The third kappa shape index (κ3) is 5.82. The number of urea groups is 1. The zero-order valence-electron chi connectivity index (χ0n) is 14.1. The van der Waals surface area contributed by atoms with Crippen molar-refractivity contribution in [1.29, 1.82) is 0 Å². The Labute approximate surface area is 141 Å². The lowest BCUT2D eigenvalue weighted by molar-refractivity contribution is -0.137. The SMILES string of the molecule is CNS(=O)(=O)c1ccc(C)c(NC(=O)NC(C)(C)CCC(=O)O)c1. The molecule has 0 aliphatic carbocycles. The molecular formula is C15H23N3O5S. The highest BCUT2D eigenvalue weighted by Gasteiger charge is 2.22. The Bertz CT molecular complexity index is 729. The minimum Gasteiger partial charge on any atom is -0.481 e. The number of aryl methyl sites for hydroxylation is 1. The second-order valence-corrected chi connectivity index (χ2v) is 7.93. The lowest BCUT2D eigenvalue weighted by Gasteiger charge is -2.26. The van der Waals surface area contributed by atoms with E-state index in [4.69, 9.17) is 5.11 Å². The fraction of sp³-hybridized carbons (Fsp3) is 0.467. The number of amides is 2. The van der Waals surface area contributed by atoms with Crippen LogP contribution in [0.4, 0.5) is 10.5 Å². The Balaban J connectivity index is 2.87. The van der Waals surface area contributed by atoms with Gasteiger partial charge in [0.05, 0.1) is 4.90 Å². The number of carbonyl (C=O) groups excluding carboxylic acids is 1. The average Bonchev–Trinajstić information content (AvgIpc) is 2.47. The summed E-state index contributed by atoms with van der Waals surface area (Å²) in [5, 5.41) is 14.0. The van der Waals surface area contributed by atoms with Gasteiger partial charge in [-0.05, 0) is 51.9 Å². The molecular weight excluding hydrogens is 334 g/mol. The maximum absolute atomic E-state index is 12.1. The number of anilines is 1. The van der Waals surface area contributed by atoms with Crippen LogP contribution in [-0.4, -0.2) is 38.1 Å². The first-order valence-electron chi connectivity index (χ1n) is 7.32. The molecule has 0 saturated carbocycles. The zero-order chi connectivity index (χ0) is 18.5. The number of sulfonamides is 1. The quantitative estimate of drug-likeness (QED) is 0.591. The number of hydrogen-bond donors (Lipinski definition) is 4. The van der Waals surface area contributed by atoms with E-state index in [0.717, 1.165) is 0 Å². The van der Waals surface area contributed by atoms with Gasteiger partial charge in [-0.25, -0.2) is 17.9 Å². The highest BCUT2D eigenvalue weighted by molar-refractivity contribution is 7.89. The van der Waals surface area contributed by atoms with E-state index in [1.807, 2.05) is 0 Å². The topological polar surface area (TPSA) is 125 Å². The predicted molar refractivity (Wildman–Crippen MR) is 90.5 cm³/mol. The molecule has 1 aromatic carbocycles. The molecule has 0 heterocycles. The molecule has 8 nitrogen and oxygen atoms in total. The van der Waals surface area contributed by atoms with E-state index in [0.29, 0.717) is 11.3 Å². The van der Waals surface area contributed by atoms with Gasteiger partial charge in [0.1, 0.15) is 0 Å². The number of benzene rings is 1. The van der Waals surface area contributed by atoms with Crippen molar-refractivity contribution in [2.45, 2.75) is 44.0 Å². The van der Waals surface area contributed by atoms with Crippen molar-refractivity contribution < 1.29 is 23.1 Å². The van der Waals surface area contributed by atoms with E-state index in [2.05, 4.69) is 15.4 Å². The van der Waals surface area contributed by atoms with Gasteiger partial charge in [0.2, 0.25) is 10.0 Å². The van der Waals surface area contributed by atoms with Crippen LogP contribution in [0.15, 0.2) is 23.1 Å². The van der Waals surface area contributed by atoms with E-state index in [-0.39, 0.29) is 17.7 Å². The molecule has 0 fully saturated rings. The van der Waals surface area contributed by atoms with Crippen molar-refractivity contribution in [3.63, 3.8) is 0 Å². The van der Waals surface area contributed by atoms with Crippen LogP contribution in [-0.2, 0) is 14.8 Å². The molecule has 0 unspecified atom stereocenters. The van der Waals surface area contributed by atoms with Gasteiger partial charge in [-0.3, -0.25) is 4.79 Å². The first kappa shape index (κ1) is 19.9. The van der Waals surface area contributed by atoms with Gasteiger partial charge < -0.3 is 15.7 Å². The zero-order valence-corrected chi connectivity index (χ0v) is 15.0. The fourth-order valence-corrected chi connectivity index (χ4v) is 2.72. The fourth-order valence-electron chi connectivity index (χ4n) is 1.96. The monoisotopic (exact) mass is 357 g/mol. The van der Waals surface area contributed by atoms with Crippen LogP contribution >= 0.6 is 0 Å². The van der Waals surface area contributed by atoms with Crippen LogP contribution in [0.5, 0.6) is 0 Å². The number of nitrogens with one attached hydrogen (secondary N) is 3. The highest BCUT2D eigenvalue weighted by atomic mass is 32.2. The number of rotatable bonds is 7. The van der Waals surface area contributed by atoms with Gasteiger partial charge in [0, 0.05) is 17.6 Å². The highest BCUT2D eigenvalue weighted by Crippen LogP contribution is 2.20. The van der Waals surface area contributed by atoms with Gasteiger partial charge in [0.25, 0.3) is 0 Å². The minimum absolute atomic E-state index is 0.0380. The molecule has 4 N–H and O–H groups in total. The molecule has 1 rings (SSSR count). The number of hydrogen-bond acceptors (Lipinski definition) is 4. The molecule has 0 aromatic heterocycles. The van der Waals surface area contributed by atoms with Gasteiger partial charge in [-0.15, -0.1) is 0 Å². The van der Waals surface area contributed by atoms with Crippen LogP contribution in [0.3, 0.4) is 0 Å². The maximum Gasteiger partial charge on any atom is 0.319 e. The maximum atomic E-state index is 12.1. The molecule has 134 valence electrons. The summed E-state index contributed by atoms with van der Waals surface area (Å²) in [5.41, 5.74) is 0.340. The molecule has 0 aliphatic heterocycles. The van der Waals surface area contributed by atoms with E-state index in [1.54, 1.807) is 26.8 Å². The minimum atomic E-state index is -3.61. The van der Waals surface area contributed by atoms with Crippen molar-refractivity contribution in [2.75, 3.05) is 12.4 Å². The second-order valence-electron chi connectivity index (χ2n) is 6.04. The van der Waals surface area contributed by atoms with Crippen LogP contribution in [0.1, 0.15) is 32.3 Å². The molecule has 0 saturated heterocycles. The Kier molecular flexibility index (Phi) is 6.33. The van der Waals surface area contributed by atoms with E-state index in [1.165, 1.54) is 19.2 Å². The summed E-state index contributed by atoms with van der Waals surface area (Å²) in [5.74, 6) is -0.939. The summed E-state index contributed by atoms with van der Waals surface area (Å²) < 4.78 is 25.9. The Hall–Kier alpha value is -2.13. The standard InChI is InChI=1S/C15H23N3O5S/c1-10-5-6-11(24(22,23)16-4)9-12(10)17-14(21)18-15(2,3)8-7-13(19)20/h5-6,9,16H,7-8H2,1-4H3,(H,19,20)(H2,17,18,21). The van der Waals surface area contributed by atoms with Crippen molar-refractivity contribution in [3.05, 3.63) is 23.8 Å². The molecule has 0 atom stereocenters. The molecule has 0 spiro atoms. The van der Waals surface area contributed by atoms with Crippen molar-refractivity contribution in [2.24, 2.45) is 0 Å². The third-order valence-electron chi connectivity index (χ3n) is 3.45. The summed E-state index contributed by atoms with van der Waals surface area (Å²) in [6.07, 6.45) is 0.200. The van der Waals surface area contributed by atoms with Gasteiger partial charge in [0.15, 0.2) is 0 Å². The first-order valence-corrected chi connectivity index (χ1v) is 8.80. The van der Waals surface area contributed by atoms with E-state index in [9.17, 15) is 18.0 Å². The molecule has 0 radical (unpaired) electrons. The van der Waals surface area contributed by atoms with Crippen molar-refractivity contribution >= 4 is 27.7 Å². The average molecular weight is 357 g/mol. The van der Waals surface area contributed by atoms with Gasteiger partial charge in [-0.2, -0.15) is 0 Å². The van der Waals surface area contributed by atoms with Crippen LogP contribution in [0.25, 0.3) is 0 Å². The summed E-state index contributed by atoms with van der Waals surface area (Å²) in [7, 11) is -2.31. The molecule has 0 aliphatic rings. The largest absolute Gasteiger partial charge is 0.481 e. The van der Waals surface area contributed by atoms with Crippen molar-refractivity contribution in [1.82, 2.24) is 10.0 Å². The van der Waals surface area contributed by atoms with Crippen molar-refractivity contribution in [3.8, 4) is 0 Å². The Morgan fingerprint density at radius 1 is 1.25 bits per heavy atom. The lowest BCUT2D eigenvalue weighted by Crippen LogP contribution is -2.45. The summed E-state index contributed by atoms with van der Waals surface area (Å²) in [4.78, 5) is 22.8. The van der Waals surface area contributed by atoms with E-state index >= 15 is 0 Å². The van der Waals surface area contributed by atoms with Gasteiger partial charge >= 0.3 is 12.0 Å². The Morgan fingerprint density at radius 3 is 2.42 bits per heavy atom. The molecule has 9 heteroatoms. The summed E-state index contributed by atoms with van der Waals surface area (Å²) in [6.45, 7) is 5.16. The number of carboxylic acid groups (broad SMARTS) is 1. The van der Waals surface area contributed by atoms with Crippen LogP contribution in [0, 0.1) is 6.92 Å². The summed E-state index contributed by atoms with van der Waals surface area (Å²) in [6, 6.07) is 3.87. The first-order chi connectivity index (χ1) is 11.0. The number of carbonyl (C=O) groups is 2. The number of aliphatic carboxylic acids is 1. The molecule has 2 amide bonds. The molecule has 1 aromatic rings. The predicted octanol–water partition coefficient (Wildman–Crippen LogP) is 1.67. The Morgan fingerprint density at radius 2 is 1.88 bits per heavy atom. The lowest BCUT2D eigenvalue weighted by atomic mass is 9.99. The van der Waals surface area contributed by atoms with Crippen LogP contribution < -0.4 is 15.4 Å². The normalized spacial score (nSPS) is 11.8. The third-order valence-corrected chi connectivity index (χ3v) is 4.86. The molecule has 0 bridgehead atoms. The smallest absolute Gasteiger partial charge is 0.319 e. The van der Waals surface area contributed by atoms with E-state index < -0.39 is 27.6 Å². The second kappa shape index (κ2) is 7.63. The van der Waals surface area contributed by atoms with Crippen LogP contribution in [0.2, 0.25) is 0 Å². The molecule has 24 heavy (non-hydrogen) atoms. The van der Waals surface area contributed by atoms with Gasteiger partial charge in [-0.1, -0.05) is 6.07 Å². The number of carboxylic acids is 1. The summed E-state index contributed by atoms with van der Waals surface area (Å²) >= 11 is 0.